The molecule has 0 saturated heterocycles. The fourth-order valence-corrected chi connectivity index (χ4v) is 2.81. The standard InChI is InChI=1S/C14H11F2N5OS/c15-8-2-1-7(5-9(8)16)12(17)10-6-21(20-19-10)11-3-4-23-13(11)14(18)22/h1-6,12H,17H2,(H2,18,22). The molecule has 118 valence electrons. The lowest BCUT2D eigenvalue weighted by Crippen LogP contribution is -2.13. The first-order valence-corrected chi connectivity index (χ1v) is 7.36. The summed E-state index contributed by atoms with van der Waals surface area (Å²) in [4.78, 5) is 11.7. The zero-order valence-corrected chi connectivity index (χ0v) is 12.4. The number of nitrogens with two attached hydrogens (primary N) is 2. The van der Waals surface area contributed by atoms with Crippen molar-refractivity contribution in [3.63, 3.8) is 0 Å². The quantitative estimate of drug-likeness (QED) is 0.758. The first-order chi connectivity index (χ1) is 11.0. The van der Waals surface area contributed by atoms with Gasteiger partial charge in [0.05, 0.1) is 17.9 Å². The van der Waals surface area contributed by atoms with E-state index in [2.05, 4.69) is 10.3 Å². The van der Waals surface area contributed by atoms with Crippen LogP contribution in [0.1, 0.15) is 27.0 Å². The summed E-state index contributed by atoms with van der Waals surface area (Å²) in [5.41, 5.74) is 12.5. The van der Waals surface area contributed by atoms with Gasteiger partial charge < -0.3 is 11.5 Å². The lowest BCUT2D eigenvalue weighted by Gasteiger charge is -2.08. The van der Waals surface area contributed by atoms with E-state index >= 15 is 0 Å². The van der Waals surface area contributed by atoms with Crippen molar-refractivity contribution in [1.82, 2.24) is 15.0 Å². The second-order valence-corrected chi connectivity index (χ2v) is 5.65. The number of nitrogens with zero attached hydrogens (tertiary/aromatic N) is 3. The van der Waals surface area contributed by atoms with E-state index in [-0.39, 0.29) is 0 Å². The maximum atomic E-state index is 13.3. The van der Waals surface area contributed by atoms with E-state index in [0.29, 0.717) is 21.8 Å². The predicted molar refractivity (Wildman–Crippen MR) is 80.1 cm³/mol. The molecule has 1 atom stereocenters. The number of rotatable bonds is 4. The molecule has 1 unspecified atom stereocenters. The summed E-state index contributed by atoms with van der Waals surface area (Å²) in [6, 6.07) is 4.28. The van der Waals surface area contributed by atoms with Crippen LogP contribution >= 0.6 is 11.3 Å². The zero-order valence-electron chi connectivity index (χ0n) is 11.6. The van der Waals surface area contributed by atoms with Crippen LogP contribution in [0.4, 0.5) is 8.78 Å². The summed E-state index contributed by atoms with van der Waals surface area (Å²) in [6.07, 6.45) is 1.51. The molecule has 2 heterocycles. The third-order valence-corrected chi connectivity index (χ3v) is 4.17. The first kappa shape index (κ1) is 15.3. The van der Waals surface area contributed by atoms with Gasteiger partial charge in [-0.2, -0.15) is 0 Å². The van der Waals surface area contributed by atoms with E-state index in [0.717, 1.165) is 12.1 Å². The van der Waals surface area contributed by atoms with E-state index in [9.17, 15) is 13.6 Å². The van der Waals surface area contributed by atoms with Crippen LogP contribution in [0.5, 0.6) is 0 Å². The number of hydrogen-bond donors (Lipinski definition) is 2. The van der Waals surface area contributed by atoms with Gasteiger partial charge in [-0.25, -0.2) is 13.5 Å². The summed E-state index contributed by atoms with van der Waals surface area (Å²) >= 11 is 1.18. The Hall–Kier alpha value is -2.65. The van der Waals surface area contributed by atoms with Crippen molar-refractivity contribution in [3.05, 3.63) is 63.6 Å². The van der Waals surface area contributed by atoms with Crippen LogP contribution < -0.4 is 11.5 Å². The van der Waals surface area contributed by atoms with Crippen LogP contribution in [-0.2, 0) is 0 Å². The van der Waals surface area contributed by atoms with Crippen LogP contribution in [0, 0.1) is 11.6 Å². The number of halogens is 2. The second-order valence-electron chi connectivity index (χ2n) is 4.74. The van der Waals surface area contributed by atoms with Gasteiger partial charge in [-0.15, -0.1) is 16.4 Å². The molecule has 2 aromatic heterocycles. The lowest BCUT2D eigenvalue weighted by molar-refractivity contribution is 0.100. The summed E-state index contributed by atoms with van der Waals surface area (Å²) < 4.78 is 27.7. The maximum absolute atomic E-state index is 13.3. The molecule has 0 saturated carbocycles. The van der Waals surface area contributed by atoms with Gasteiger partial charge in [-0.1, -0.05) is 11.3 Å². The molecule has 23 heavy (non-hydrogen) atoms. The molecule has 4 N–H and O–H groups in total. The number of benzene rings is 1. The second kappa shape index (κ2) is 5.86. The minimum Gasteiger partial charge on any atom is -0.365 e. The van der Waals surface area contributed by atoms with Crippen LogP contribution in [-0.4, -0.2) is 20.9 Å². The first-order valence-electron chi connectivity index (χ1n) is 6.48. The Morgan fingerprint density at radius 2 is 2.04 bits per heavy atom. The monoisotopic (exact) mass is 335 g/mol. The molecule has 0 bridgehead atoms. The van der Waals surface area contributed by atoms with Gasteiger partial charge in [0.1, 0.15) is 10.6 Å². The van der Waals surface area contributed by atoms with Crippen molar-refractivity contribution < 1.29 is 13.6 Å². The average Bonchev–Trinajstić information content (AvgIpc) is 3.17. The molecule has 9 heteroatoms. The number of aromatic nitrogens is 3. The molecule has 0 aliphatic heterocycles. The number of primary amides is 1. The van der Waals surface area contributed by atoms with Gasteiger partial charge in [-0.3, -0.25) is 4.79 Å². The number of hydrogen-bond acceptors (Lipinski definition) is 5. The minimum atomic E-state index is -0.987. The number of carbonyl (C=O) groups excluding carboxylic acids is 1. The average molecular weight is 335 g/mol. The van der Waals surface area contributed by atoms with Gasteiger partial charge in [0, 0.05) is 0 Å². The zero-order chi connectivity index (χ0) is 16.6. The van der Waals surface area contributed by atoms with Gasteiger partial charge in [0.2, 0.25) is 0 Å². The van der Waals surface area contributed by atoms with Gasteiger partial charge in [0.15, 0.2) is 11.6 Å². The van der Waals surface area contributed by atoms with E-state index in [1.807, 2.05) is 0 Å². The molecule has 0 fully saturated rings. The normalized spacial score (nSPS) is 12.3. The van der Waals surface area contributed by atoms with E-state index < -0.39 is 23.6 Å². The van der Waals surface area contributed by atoms with Crippen LogP contribution in [0.15, 0.2) is 35.8 Å². The van der Waals surface area contributed by atoms with Crippen LogP contribution in [0.3, 0.4) is 0 Å². The molecule has 0 aliphatic carbocycles. The molecule has 1 aromatic carbocycles. The number of amides is 1. The predicted octanol–water partition coefficient (Wildman–Crippen LogP) is 1.75. The molecule has 0 radical (unpaired) electrons. The van der Waals surface area contributed by atoms with Crippen molar-refractivity contribution in [2.45, 2.75) is 6.04 Å². The Labute approximate surface area is 133 Å². The molecule has 0 aliphatic rings. The van der Waals surface area contributed by atoms with Crippen LogP contribution in [0.2, 0.25) is 0 Å². The third-order valence-electron chi connectivity index (χ3n) is 3.25. The Balaban J connectivity index is 1.93. The van der Waals surface area contributed by atoms with Gasteiger partial charge >= 0.3 is 0 Å². The third kappa shape index (κ3) is 2.83. The number of thiophene rings is 1. The van der Waals surface area contributed by atoms with E-state index in [4.69, 9.17) is 11.5 Å². The lowest BCUT2D eigenvalue weighted by atomic mass is 10.1. The Morgan fingerprint density at radius 1 is 1.26 bits per heavy atom. The van der Waals surface area contributed by atoms with Gasteiger partial charge in [-0.05, 0) is 29.1 Å². The summed E-state index contributed by atoms with van der Waals surface area (Å²) in [7, 11) is 0. The number of carbonyl (C=O) groups is 1. The largest absolute Gasteiger partial charge is 0.365 e. The highest BCUT2D eigenvalue weighted by Gasteiger charge is 2.18. The van der Waals surface area contributed by atoms with Crippen molar-refractivity contribution >= 4 is 17.2 Å². The fraction of sp³-hybridized carbons (Fsp3) is 0.0714. The van der Waals surface area contributed by atoms with E-state index in [1.54, 1.807) is 11.4 Å². The van der Waals surface area contributed by atoms with Crippen molar-refractivity contribution in [2.75, 3.05) is 0 Å². The van der Waals surface area contributed by atoms with Crippen LogP contribution in [0.25, 0.3) is 5.69 Å². The van der Waals surface area contributed by atoms with E-state index in [1.165, 1.54) is 28.3 Å². The molecule has 1 amide bonds. The van der Waals surface area contributed by atoms with Crippen molar-refractivity contribution in [2.24, 2.45) is 11.5 Å². The summed E-state index contributed by atoms with van der Waals surface area (Å²) in [5.74, 6) is -2.51. The van der Waals surface area contributed by atoms with Crippen molar-refractivity contribution in [3.8, 4) is 5.69 Å². The van der Waals surface area contributed by atoms with Crippen molar-refractivity contribution in [1.29, 1.82) is 0 Å². The molecular weight excluding hydrogens is 324 g/mol. The Morgan fingerprint density at radius 3 is 2.74 bits per heavy atom. The smallest absolute Gasteiger partial charge is 0.260 e. The minimum absolute atomic E-state index is 0.336. The molecule has 6 nitrogen and oxygen atoms in total. The molecule has 3 rings (SSSR count). The highest BCUT2D eigenvalue weighted by Crippen LogP contribution is 2.23. The summed E-state index contributed by atoms with van der Waals surface area (Å²) in [6.45, 7) is 0. The Bertz CT molecular complexity index is 876. The van der Waals surface area contributed by atoms with Gasteiger partial charge in [0.25, 0.3) is 5.91 Å². The summed E-state index contributed by atoms with van der Waals surface area (Å²) in [5, 5.41) is 9.53. The Kier molecular flexibility index (Phi) is 3.89. The molecular formula is C14H11F2N5OS. The highest BCUT2D eigenvalue weighted by molar-refractivity contribution is 7.12. The SMILES string of the molecule is NC(=O)c1sccc1-n1cc(C(N)c2ccc(F)c(F)c2)nn1. The fourth-order valence-electron chi connectivity index (χ4n) is 2.08. The molecule has 0 spiro atoms. The topological polar surface area (TPSA) is 99.8 Å². The maximum Gasteiger partial charge on any atom is 0.260 e. The molecule has 3 aromatic rings. The highest BCUT2D eigenvalue weighted by atomic mass is 32.1.